The van der Waals surface area contributed by atoms with Gasteiger partial charge >= 0.3 is 6.03 Å². The van der Waals surface area contributed by atoms with E-state index in [1.807, 2.05) is 42.1 Å². The first-order chi connectivity index (χ1) is 11.6. The molecule has 3 aromatic rings. The summed E-state index contributed by atoms with van der Waals surface area (Å²) in [6.07, 6.45) is 4.29. The number of benzene rings is 1. The predicted octanol–water partition coefficient (Wildman–Crippen LogP) is 1.30. The lowest BCUT2D eigenvalue weighted by atomic mass is 10.1. The largest absolute Gasteiger partial charge is 0.340 e. The molecule has 0 aliphatic carbocycles. The van der Waals surface area contributed by atoms with Crippen LogP contribution in [0.5, 0.6) is 0 Å². The first kappa shape index (κ1) is 15.8. The molecular weight excluding hydrogens is 306 g/mol. The molecule has 0 spiro atoms. The fraction of sp³-hybridized carbons (Fsp3) is 0.235. The topological polar surface area (TPSA) is 91.8 Å². The first-order valence-electron chi connectivity index (χ1n) is 7.71. The van der Waals surface area contributed by atoms with Crippen LogP contribution in [-0.2, 0) is 20.0 Å². The number of hydrogen-bond acceptors (Lipinski definition) is 3. The molecule has 0 saturated heterocycles. The number of carbonyl (C=O) groups excluding carboxylic acids is 1. The van der Waals surface area contributed by atoms with E-state index >= 15 is 0 Å². The molecule has 0 bridgehead atoms. The number of rotatable bonds is 5. The number of fused-ring (bicyclic) bond motifs is 1. The Morgan fingerprint density at radius 1 is 1.29 bits per heavy atom. The van der Waals surface area contributed by atoms with Crippen molar-refractivity contribution in [2.24, 2.45) is 7.05 Å². The van der Waals surface area contributed by atoms with Gasteiger partial charge in [-0.1, -0.05) is 18.2 Å². The van der Waals surface area contributed by atoms with Crippen LogP contribution in [0.2, 0.25) is 0 Å². The van der Waals surface area contributed by atoms with Gasteiger partial charge < -0.3 is 20.2 Å². The Hall–Kier alpha value is -3.09. The second kappa shape index (κ2) is 6.99. The average Bonchev–Trinajstić information content (AvgIpc) is 2.98. The molecule has 3 rings (SSSR count). The van der Waals surface area contributed by atoms with Crippen LogP contribution in [0.15, 0.2) is 47.7 Å². The number of urea groups is 1. The molecule has 7 heteroatoms. The Balaban J connectivity index is 1.52. The van der Waals surface area contributed by atoms with Crippen LogP contribution in [0.25, 0.3) is 10.9 Å². The first-order valence-corrected chi connectivity index (χ1v) is 7.71. The van der Waals surface area contributed by atoms with Gasteiger partial charge in [-0.25, -0.2) is 9.78 Å². The number of H-pyrrole nitrogens is 1. The number of nitrogens with one attached hydrogen (secondary N) is 3. The molecule has 1 aromatic carbocycles. The van der Waals surface area contributed by atoms with Gasteiger partial charge in [0.05, 0.1) is 12.0 Å². The summed E-state index contributed by atoms with van der Waals surface area (Å²) in [7, 11) is 1.90. The third kappa shape index (κ3) is 3.81. The van der Waals surface area contributed by atoms with E-state index in [-0.39, 0.29) is 18.1 Å². The van der Waals surface area contributed by atoms with E-state index in [9.17, 15) is 9.59 Å². The minimum Gasteiger partial charge on any atom is -0.340 e. The zero-order valence-electron chi connectivity index (χ0n) is 13.4. The number of aromatic nitrogens is 3. The van der Waals surface area contributed by atoms with Crippen molar-refractivity contribution in [1.29, 1.82) is 0 Å². The molecule has 24 heavy (non-hydrogen) atoms. The quantitative estimate of drug-likeness (QED) is 0.660. The molecule has 0 aliphatic heterocycles. The van der Waals surface area contributed by atoms with Crippen molar-refractivity contribution in [2.45, 2.75) is 13.0 Å². The Labute approximate surface area is 138 Å². The number of para-hydroxylation sites is 1. The third-order valence-electron chi connectivity index (χ3n) is 3.69. The summed E-state index contributed by atoms with van der Waals surface area (Å²) in [4.78, 5) is 30.8. The maximum atomic E-state index is 12.0. The molecule has 0 radical (unpaired) electrons. The lowest BCUT2D eigenvalue weighted by Crippen LogP contribution is -2.37. The summed E-state index contributed by atoms with van der Waals surface area (Å²) in [5.74, 6) is 0. The SMILES string of the molecule is Cn1cnc(CCNC(=O)NCc2cc3ccccc3[nH]c2=O)c1. The lowest BCUT2D eigenvalue weighted by molar-refractivity contribution is 0.240. The van der Waals surface area contributed by atoms with Crippen LogP contribution >= 0.6 is 0 Å². The fourth-order valence-electron chi connectivity index (χ4n) is 2.46. The van der Waals surface area contributed by atoms with E-state index in [1.54, 1.807) is 12.4 Å². The highest BCUT2D eigenvalue weighted by Gasteiger charge is 2.05. The van der Waals surface area contributed by atoms with Crippen molar-refractivity contribution >= 4 is 16.9 Å². The van der Waals surface area contributed by atoms with E-state index < -0.39 is 0 Å². The van der Waals surface area contributed by atoms with Crippen LogP contribution in [-0.4, -0.2) is 27.1 Å². The van der Waals surface area contributed by atoms with Gasteiger partial charge in [-0.2, -0.15) is 0 Å². The molecule has 7 nitrogen and oxygen atoms in total. The number of amides is 2. The third-order valence-corrected chi connectivity index (χ3v) is 3.69. The maximum absolute atomic E-state index is 12.0. The highest BCUT2D eigenvalue weighted by atomic mass is 16.2. The molecule has 0 unspecified atom stereocenters. The highest BCUT2D eigenvalue weighted by molar-refractivity contribution is 5.79. The molecular formula is C17H19N5O2. The van der Waals surface area contributed by atoms with Crippen molar-refractivity contribution in [3.8, 4) is 0 Å². The van der Waals surface area contributed by atoms with Gasteiger partial charge in [-0.05, 0) is 17.5 Å². The predicted molar refractivity (Wildman–Crippen MR) is 91.7 cm³/mol. The van der Waals surface area contributed by atoms with Gasteiger partial charge in [0.1, 0.15) is 0 Å². The molecule has 3 N–H and O–H groups in total. The number of nitrogens with zero attached hydrogens (tertiary/aromatic N) is 2. The standard InChI is InChI=1S/C17H19N5O2/c1-22-10-14(20-11-22)6-7-18-17(24)19-9-13-8-12-4-2-3-5-15(12)21-16(13)23/h2-5,8,10-11H,6-7,9H2,1H3,(H,21,23)(H2,18,19,24). The van der Waals surface area contributed by atoms with Gasteiger partial charge in [0, 0.05) is 43.8 Å². The van der Waals surface area contributed by atoms with E-state index in [0.29, 0.717) is 18.5 Å². The van der Waals surface area contributed by atoms with Crippen molar-refractivity contribution in [1.82, 2.24) is 25.2 Å². The van der Waals surface area contributed by atoms with Crippen LogP contribution in [0, 0.1) is 0 Å². The van der Waals surface area contributed by atoms with Gasteiger partial charge in [0.15, 0.2) is 0 Å². The molecule has 0 saturated carbocycles. The van der Waals surface area contributed by atoms with Gasteiger partial charge in [0.2, 0.25) is 0 Å². The summed E-state index contributed by atoms with van der Waals surface area (Å²) in [5.41, 5.74) is 2.03. The van der Waals surface area contributed by atoms with E-state index in [1.165, 1.54) is 0 Å². The molecule has 2 amide bonds. The summed E-state index contributed by atoms with van der Waals surface area (Å²) in [5, 5.41) is 6.39. The van der Waals surface area contributed by atoms with Gasteiger partial charge in [0.25, 0.3) is 5.56 Å². The second-order valence-electron chi connectivity index (χ2n) is 5.60. The number of aromatic amines is 1. The summed E-state index contributed by atoms with van der Waals surface area (Å²) in [6.45, 7) is 0.659. The lowest BCUT2D eigenvalue weighted by Gasteiger charge is -2.07. The summed E-state index contributed by atoms with van der Waals surface area (Å²) >= 11 is 0. The maximum Gasteiger partial charge on any atom is 0.315 e. The number of imidazole rings is 1. The average molecular weight is 325 g/mol. The molecule has 2 heterocycles. The second-order valence-corrected chi connectivity index (χ2v) is 5.60. The van der Waals surface area contributed by atoms with E-state index in [4.69, 9.17) is 0 Å². The zero-order valence-corrected chi connectivity index (χ0v) is 13.4. The van der Waals surface area contributed by atoms with Crippen LogP contribution < -0.4 is 16.2 Å². The number of hydrogen-bond donors (Lipinski definition) is 3. The Morgan fingerprint density at radius 2 is 2.12 bits per heavy atom. The fourth-order valence-corrected chi connectivity index (χ4v) is 2.46. The van der Waals surface area contributed by atoms with Crippen molar-refractivity contribution in [2.75, 3.05) is 6.54 Å². The van der Waals surface area contributed by atoms with Crippen molar-refractivity contribution in [3.05, 3.63) is 64.5 Å². The van der Waals surface area contributed by atoms with E-state index in [2.05, 4.69) is 20.6 Å². The van der Waals surface area contributed by atoms with E-state index in [0.717, 1.165) is 16.6 Å². The Kier molecular flexibility index (Phi) is 4.60. The Bertz CT molecular complexity index is 912. The Morgan fingerprint density at radius 3 is 2.92 bits per heavy atom. The highest BCUT2D eigenvalue weighted by Crippen LogP contribution is 2.09. The monoisotopic (exact) mass is 325 g/mol. The van der Waals surface area contributed by atoms with Gasteiger partial charge in [-0.15, -0.1) is 0 Å². The normalized spacial score (nSPS) is 10.7. The molecule has 0 fully saturated rings. The minimum atomic E-state index is -0.307. The molecule has 124 valence electrons. The minimum absolute atomic E-state index is 0.176. The number of pyridine rings is 1. The van der Waals surface area contributed by atoms with Crippen LogP contribution in [0.3, 0.4) is 0 Å². The van der Waals surface area contributed by atoms with Gasteiger partial charge in [-0.3, -0.25) is 4.79 Å². The van der Waals surface area contributed by atoms with Crippen molar-refractivity contribution in [3.63, 3.8) is 0 Å². The van der Waals surface area contributed by atoms with Crippen LogP contribution in [0.1, 0.15) is 11.3 Å². The van der Waals surface area contributed by atoms with Crippen molar-refractivity contribution < 1.29 is 4.79 Å². The smallest absolute Gasteiger partial charge is 0.315 e. The number of carbonyl (C=O) groups is 1. The molecule has 2 aromatic heterocycles. The summed E-state index contributed by atoms with van der Waals surface area (Å²) < 4.78 is 1.86. The molecule has 0 atom stereocenters. The molecule has 0 aliphatic rings. The van der Waals surface area contributed by atoms with Crippen LogP contribution in [0.4, 0.5) is 4.79 Å². The zero-order chi connectivity index (χ0) is 16.9. The summed E-state index contributed by atoms with van der Waals surface area (Å²) in [6, 6.07) is 9.02. The number of aryl methyl sites for hydroxylation is 1.